The van der Waals surface area contributed by atoms with Crippen molar-refractivity contribution in [3.8, 4) is 0 Å². The molecule has 0 aliphatic carbocycles. The van der Waals surface area contributed by atoms with Crippen LogP contribution in [0.1, 0.15) is 37.3 Å². The number of allylic oxidation sites excluding steroid dienone is 1. The maximum atomic E-state index is 3.87. The third-order valence-electron chi connectivity index (χ3n) is 3.48. The van der Waals surface area contributed by atoms with E-state index in [0.717, 1.165) is 6.42 Å². The molecule has 2 rings (SSSR count). The van der Waals surface area contributed by atoms with Gasteiger partial charge in [-0.25, -0.2) is 0 Å². The Labute approximate surface area is 110 Å². The van der Waals surface area contributed by atoms with Crippen LogP contribution in [0, 0.1) is 0 Å². The van der Waals surface area contributed by atoms with Crippen molar-refractivity contribution in [2.75, 3.05) is 0 Å². The number of rotatable bonds is 6. The first-order chi connectivity index (χ1) is 8.85. The highest BCUT2D eigenvalue weighted by atomic mass is 14.1. The molecule has 0 heterocycles. The van der Waals surface area contributed by atoms with E-state index in [1.165, 1.54) is 47.6 Å². The summed E-state index contributed by atoms with van der Waals surface area (Å²) in [6.07, 6.45) is 8.07. The number of hydrogen-bond donors (Lipinski definition) is 0. The molecule has 0 spiro atoms. The summed E-state index contributed by atoms with van der Waals surface area (Å²) >= 11 is 0. The SMILES string of the molecule is C=CCc1cc2ccccc2cc1CCCCC. The molecule has 0 fully saturated rings. The summed E-state index contributed by atoms with van der Waals surface area (Å²) in [5.74, 6) is 0. The van der Waals surface area contributed by atoms with Crippen LogP contribution < -0.4 is 0 Å². The molecule has 0 bridgehead atoms. The van der Waals surface area contributed by atoms with Crippen LogP contribution in [-0.4, -0.2) is 0 Å². The van der Waals surface area contributed by atoms with Crippen molar-refractivity contribution in [3.63, 3.8) is 0 Å². The Hall–Kier alpha value is -1.56. The maximum Gasteiger partial charge on any atom is -0.00972 e. The predicted molar refractivity (Wildman–Crippen MR) is 81.1 cm³/mol. The molecule has 0 aliphatic heterocycles. The van der Waals surface area contributed by atoms with Gasteiger partial charge in [-0.05, 0) is 41.2 Å². The molecule has 0 saturated carbocycles. The molecule has 2 aromatic rings. The molecule has 18 heavy (non-hydrogen) atoms. The lowest BCUT2D eigenvalue weighted by molar-refractivity contribution is 0.715. The average Bonchev–Trinajstić information content (AvgIpc) is 2.40. The van der Waals surface area contributed by atoms with Gasteiger partial charge in [0.2, 0.25) is 0 Å². The molecule has 2 aromatic carbocycles. The number of unbranched alkanes of at least 4 members (excludes halogenated alkanes) is 2. The largest absolute Gasteiger partial charge is 0.103 e. The molecule has 0 radical (unpaired) electrons. The fraction of sp³-hybridized carbons (Fsp3) is 0.333. The monoisotopic (exact) mass is 238 g/mol. The molecule has 0 N–H and O–H groups in total. The number of hydrogen-bond acceptors (Lipinski definition) is 0. The van der Waals surface area contributed by atoms with Crippen molar-refractivity contribution >= 4 is 10.8 Å². The summed E-state index contributed by atoms with van der Waals surface area (Å²) in [7, 11) is 0. The second-order valence-electron chi connectivity index (χ2n) is 4.92. The number of benzene rings is 2. The van der Waals surface area contributed by atoms with Crippen LogP contribution in [0.4, 0.5) is 0 Å². The van der Waals surface area contributed by atoms with Crippen molar-refractivity contribution in [2.45, 2.75) is 39.0 Å². The Bertz CT molecular complexity index is 523. The van der Waals surface area contributed by atoms with Gasteiger partial charge in [-0.2, -0.15) is 0 Å². The van der Waals surface area contributed by atoms with Gasteiger partial charge in [0, 0.05) is 0 Å². The number of aryl methyl sites for hydroxylation is 1. The van der Waals surface area contributed by atoms with E-state index in [0.29, 0.717) is 0 Å². The molecule has 0 nitrogen and oxygen atoms in total. The first kappa shape index (κ1) is 12.9. The molecule has 0 aromatic heterocycles. The second kappa shape index (κ2) is 6.39. The zero-order valence-electron chi connectivity index (χ0n) is 11.3. The van der Waals surface area contributed by atoms with Gasteiger partial charge in [-0.15, -0.1) is 6.58 Å². The highest BCUT2D eigenvalue weighted by Crippen LogP contribution is 2.22. The van der Waals surface area contributed by atoms with E-state index >= 15 is 0 Å². The van der Waals surface area contributed by atoms with Crippen molar-refractivity contribution in [3.05, 3.63) is 60.2 Å². The van der Waals surface area contributed by atoms with E-state index in [1.807, 2.05) is 6.08 Å². The Morgan fingerprint density at radius 3 is 2.28 bits per heavy atom. The van der Waals surface area contributed by atoms with E-state index in [9.17, 15) is 0 Å². The highest BCUT2D eigenvalue weighted by molar-refractivity contribution is 5.84. The summed E-state index contributed by atoms with van der Waals surface area (Å²) in [4.78, 5) is 0. The maximum absolute atomic E-state index is 3.87. The summed E-state index contributed by atoms with van der Waals surface area (Å²) in [6.45, 7) is 6.13. The molecular formula is C18H22. The summed E-state index contributed by atoms with van der Waals surface area (Å²) in [6, 6.07) is 13.3. The summed E-state index contributed by atoms with van der Waals surface area (Å²) in [5.41, 5.74) is 2.95. The molecule has 0 aliphatic rings. The first-order valence-electron chi connectivity index (χ1n) is 6.96. The highest BCUT2D eigenvalue weighted by Gasteiger charge is 2.03. The molecule has 0 saturated heterocycles. The van der Waals surface area contributed by atoms with E-state index in [4.69, 9.17) is 0 Å². The lowest BCUT2D eigenvalue weighted by Gasteiger charge is -2.10. The summed E-state index contributed by atoms with van der Waals surface area (Å²) in [5, 5.41) is 2.70. The van der Waals surface area contributed by atoms with Crippen LogP contribution in [-0.2, 0) is 12.8 Å². The van der Waals surface area contributed by atoms with Crippen LogP contribution in [0.15, 0.2) is 49.1 Å². The van der Waals surface area contributed by atoms with E-state index < -0.39 is 0 Å². The van der Waals surface area contributed by atoms with Crippen molar-refractivity contribution in [1.29, 1.82) is 0 Å². The lowest BCUT2D eigenvalue weighted by atomic mass is 9.95. The molecule has 0 amide bonds. The van der Waals surface area contributed by atoms with Gasteiger partial charge in [0.05, 0.1) is 0 Å². The van der Waals surface area contributed by atoms with E-state index in [1.54, 1.807) is 0 Å². The van der Waals surface area contributed by atoms with Crippen molar-refractivity contribution < 1.29 is 0 Å². The fourth-order valence-corrected chi connectivity index (χ4v) is 2.48. The van der Waals surface area contributed by atoms with Gasteiger partial charge in [-0.3, -0.25) is 0 Å². The minimum atomic E-state index is 0.978. The second-order valence-corrected chi connectivity index (χ2v) is 4.92. The fourth-order valence-electron chi connectivity index (χ4n) is 2.48. The van der Waals surface area contributed by atoms with E-state index in [2.05, 4.69) is 49.9 Å². The zero-order chi connectivity index (χ0) is 12.8. The van der Waals surface area contributed by atoms with Crippen LogP contribution in [0.25, 0.3) is 10.8 Å². The van der Waals surface area contributed by atoms with Gasteiger partial charge >= 0.3 is 0 Å². The Morgan fingerprint density at radius 1 is 1.00 bits per heavy atom. The van der Waals surface area contributed by atoms with Crippen LogP contribution in [0.5, 0.6) is 0 Å². The summed E-state index contributed by atoms with van der Waals surface area (Å²) < 4.78 is 0. The van der Waals surface area contributed by atoms with Crippen molar-refractivity contribution in [1.82, 2.24) is 0 Å². The minimum absolute atomic E-state index is 0.978. The van der Waals surface area contributed by atoms with Gasteiger partial charge < -0.3 is 0 Å². The zero-order valence-corrected chi connectivity index (χ0v) is 11.3. The van der Waals surface area contributed by atoms with Gasteiger partial charge in [0.15, 0.2) is 0 Å². The Morgan fingerprint density at radius 2 is 1.67 bits per heavy atom. The number of fused-ring (bicyclic) bond motifs is 1. The first-order valence-corrected chi connectivity index (χ1v) is 6.96. The molecule has 0 heteroatoms. The van der Waals surface area contributed by atoms with Crippen molar-refractivity contribution in [2.24, 2.45) is 0 Å². The topological polar surface area (TPSA) is 0 Å². The quantitative estimate of drug-likeness (QED) is 0.473. The van der Waals surface area contributed by atoms with E-state index in [-0.39, 0.29) is 0 Å². The van der Waals surface area contributed by atoms with Gasteiger partial charge in [0.1, 0.15) is 0 Å². The van der Waals surface area contributed by atoms with Gasteiger partial charge in [0.25, 0.3) is 0 Å². The Kier molecular flexibility index (Phi) is 4.58. The third-order valence-corrected chi connectivity index (χ3v) is 3.48. The minimum Gasteiger partial charge on any atom is -0.103 e. The third kappa shape index (κ3) is 3.01. The normalized spacial score (nSPS) is 10.7. The van der Waals surface area contributed by atoms with Crippen LogP contribution in [0.3, 0.4) is 0 Å². The molecule has 0 unspecified atom stereocenters. The average molecular weight is 238 g/mol. The van der Waals surface area contributed by atoms with Crippen LogP contribution >= 0.6 is 0 Å². The van der Waals surface area contributed by atoms with Crippen LogP contribution in [0.2, 0.25) is 0 Å². The predicted octanol–water partition coefficient (Wildman–Crippen LogP) is 5.30. The van der Waals surface area contributed by atoms with Gasteiger partial charge in [-0.1, -0.05) is 62.2 Å². The molecular weight excluding hydrogens is 216 g/mol. The standard InChI is InChI=1S/C18H22/c1-3-5-6-10-16-14-18-12-8-7-11-17(18)13-15(16)9-4-2/h4,7-8,11-14H,2-3,5-6,9-10H2,1H3. The lowest BCUT2D eigenvalue weighted by Crippen LogP contribution is -1.94. The Balaban J connectivity index is 2.34. The molecule has 0 atom stereocenters. The molecule has 94 valence electrons. The smallest absolute Gasteiger partial charge is 0.00972 e.